The maximum Gasteiger partial charge on any atom is 0.0406 e. The zero-order chi connectivity index (χ0) is 28.1. The summed E-state index contributed by atoms with van der Waals surface area (Å²) < 4.78 is 0. The third-order valence-corrected chi connectivity index (χ3v) is 13.7. The van der Waals surface area contributed by atoms with Gasteiger partial charge in [-0.25, -0.2) is 0 Å². The highest BCUT2D eigenvalue weighted by Gasteiger charge is 2.60. The number of fused-ring (bicyclic) bond motifs is 5. The number of rotatable bonds is 7. The summed E-state index contributed by atoms with van der Waals surface area (Å²) >= 11 is 6.11. The Balaban J connectivity index is 1.11. The predicted octanol–water partition coefficient (Wildman–Crippen LogP) is 12.2. The SMILES string of the molecule is CC(C)CCC[C@@H](C)[C@H]1CCC2[C@@H]3CC[C@H]4CC(c5ccc(-c6ccc(Cl)cc6)cc5)CC[C@]4(C)C3CC[C@@]21C. The van der Waals surface area contributed by atoms with Crippen molar-refractivity contribution in [3.8, 4) is 11.1 Å². The van der Waals surface area contributed by atoms with Crippen LogP contribution in [-0.4, -0.2) is 0 Å². The van der Waals surface area contributed by atoms with E-state index < -0.39 is 0 Å². The lowest BCUT2D eigenvalue weighted by Crippen LogP contribution is -2.53. The third-order valence-electron chi connectivity index (χ3n) is 13.4. The summed E-state index contributed by atoms with van der Waals surface area (Å²) in [6, 6.07) is 17.8. The molecule has 0 aromatic heterocycles. The molecule has 9 atom stereocenters. The van der Waals surface area contributed by atoms with E-state index in [-0.39, 0.29) is 0 Å². The van der Waals surface area contributed by atoms with Gasteiger partial charge in [-0.05, 0) is 145 Å². The van der Waals surface area contributed by atoms with Crippen LogP contribution in [0.25, 0.3) is 11.1 Å². The first-order valence-electron chi connectivity index (χ1n) is 17.0. The summed E-state index contributed by atoms with van der Waals surface area (Å²) in [6.45, 7) is 12.9. The highest BCUT2D eigenvalue weighted by Crippen LogP contribution is 2.69. The summed E-state index contributed by atoms with van der Waals surface area (Å²) in [5.74, 6) is 7.39. The van der Waals surface area contributed by atoms with Gasteiger partial charge in [0.1, 0.15) is 0 Å². The fourth-order valence-electron chi connectivity index (χ4n) is 11.2. The van der Waals surface area contributed by atoms with E-state index in [0.717, 1.165) is 52.4 Å². The molecule has 0 amide bonds. The third kappa shape index (κ3) is 5.23. The van der Waals surface area contributed by atoms with Gasteiger partial charge in [-0.15, -0.1) is 0 Å². The normalized spacial score (nSPS) is 38.0. The monoisotopic (exact) mass is 558 g/mol. The molecule has 4 aliphatic rings. The van der Waals surface area contributed by atoms with Crippen LogP contribution in [0.4, 0.5) is 0 Å². The first-order valence-corrected chi connectivity index (χ1v) is 17.4. The fourth-order valence-corrected chi connectivity index (χ4v) is 11.3. The van der Waals surface area contributed by atoms with Gasteiger partial charge in [0.05, 0.1) is 0 Å². The van der Waals surface area contributed by atoms with Gasteiger partial charge < -0.3 is 0 Å². The van der Waals surface area contributed by atoms with Crippen molar-refractivity contribution in [2.75, 3.05) is 0 Å². The van der Waals surface area contributed by atoms with Crippen LogP contribution in [0.15, 0.2) is 48.5 Å². The van der Waals surface area contributed by atoms with Gasteiger partial charge in [0.15, 0.2) is 0 Å². The van der Waals surface area contributed by atoms with E-state index in [0.29, 0.717) is 10.8 Å². The Morgan fingerprint density at radius 2 is 1.38 bits per heavy atom. The van der Waals surface area contributed by atoms with Crippen LogP contribution in [0.3, 0.4) is 0 Å². The van der Waals surface area contributed by atoms with E-state index in [1.165, 1.54) is 88.2 Å². The Labute approximate surface area is 251 Å². The maximum absolute atomic E-state index is 6.11. The number of hydrogen-bond donors (Lipinski definition) is 0. The average Bonchev–Trinajstić information content (AvgIpc) is 3.30. The van der Waals surface area contributed by atoms with Crippen molar-refractivity contribution in [2.24, 2.45) is 52.3 Å². The van der Waals surface area contributed by atoms with E-state index in [2.05, 4.69) is 71.0 Å². The molecule has 0 N–H and O–H groups in total. The number of hydrogen-bond acceptors (Lipinski definition) is 0. The predicted molar refractivity (Wildman–Crippen MR) is 173 cm³/mol. The van der Waals surface area contributed by atoms with Crippen molar-refractivity contribution in [1.82, 2.24) is 0 Å². The lowest BCUT2D eigenvalue weighted by molar-refractivity contribution is -0.117. The van der Waals surface area contributed by atoms with Crippen LogP contribution in [0.1, 0.15) is 123 Å². The van der Waals surface area contributed by atoms with E-state index >= 15 is 0 Å². The Morgan fingerprint density at radius 3 is 2.08 bits per heavy atom. The van der Waals surface area contributed by atoms with Gasteiger partial charge in [-0.2, -0.15) is 0 Å². The number of benzene rings is 2. The summed E-state index contributed by atoms with van der Waals surface area (Å²) in [5.41, 5.74) is 5.32. The van der Waals surface area contributed by atoms with Crippen molar-refractivity contribution in [3.05, 3.63) is 59.1 Å². The lowest BCUT2D eigenvalue weighted by Gasteiger charge is -2.61. The molecule has 4 aliphatic carbocycles. The fraction of sp³-hybridized carbons (Fsp3) is 0.692. The van der Waals surface area contributed by atoms with Gasteiger partial charge in [-0.1, -0.05) is 102 Å². The zero-order valence-corrected chi connectivity index (χ0v) is 26.9. The molecule has 6 rings (SSSR count). The largest absolute Gasteiger partial charge is 0.0843 e. The Morgan fingerprint density at radius 1 is 0.725 bits per heavy atom. The maximum atomic E-state index is 6.11. The molecule has 2 aromatic carbocycles. The highest BCUT2D eigenvalue weighted by atomic mass is 35.5. The van der Waals surface area contributed by atoms with Crippen molar-refractivity contribution in [1.29, 1.82) is 0 Å². The van der Waals surface area contributed by atoms with E-state index in [9.17, 15) is 0 Å². The minimum absolute atomic E-state index is 0.574. The van der Waals surface area contributed by atoms with Crippen LogP contribution >= 0.6 is 11.6 Å². The first-order chi connectivity index (χ1) is 19.2. The molecular formula is C39H55Cl. The smallest absolute Gasteiger partial charge is 0.0406 e. The molecule has 3 unspecified atom stereocenters. The first kappa shape index (κ1) is 28.8. The molecule has 0 heterocycles. The van der Waals surface area contributed by atoms with Gasteiger partial charge >= 0.3 is 0 Å². The van der Waals surface area contributed by atoms with E-state index in [4.69, 9.17) is 11.6 Å². The molecule has 218 valence electrons. The van der Waals surface area contributed by atoms with Crippen molar-refractivity contribution < 1.29 is 0 Å². The molecule has 0 aliphatic heterocycles. The van der Waals surface area contributed by atoms with Crippen LogP contribution in [0, 0.1) is 52.3 Å². The van der Waals surface area contributed by atoms with Gasteiger partial charge in [0.2, 0.25) is 0 Å². The van der Waals surface area contributed by atoms with Crippen LogP contribution < -0.4 is 0 Å². The highest BCUT2D eigenvalue weighted by molar-refractivity contribution is 6.30. The Kier molecular flexibility index (Phi) is 8.24. The van der Waals surface area contributed by atoms with Crippen LogP contribution in [0.5, 0.6) is 0 Å². The van der Waals surface area contributed by atoms with Gasteiger partial charge in [-0.3, -0.25) is 0 Å². The zero-order valence-electron chi connectivity index (χ0n) is 26.1. The minimum atomic E-state index is 0.574. The molecule has 40 heavy (non-hydrogen) atoms. The topological polar surface area (TPSA) is 0 Å². The molecule has 0 saturated heterocycles. The second-order valence-electron chi connectivity index (χ2n) is 15.8. The molecule has 0 nitrogen and oxygen atoms in total. The van der Waals surface area contributed by atoms with Crippen molar-refractivity contribution >= 4 is 11.6 Å². The molecule has 0 bridgehead atoms. The minimum Gasteiger partial charge on any atom is -0.0843 e. The molecule has 2 aromatic rings. The lowest BCUT2D eigenvalue weighted by atomic mass is 9.43. The molecule has 0 radical (unpaired) electrons. The summed E-state index contributed by atoms with van der Waals surface area (Å²) in [6.07, 6.45) is 17.6. The molecular weight excluding hydrogens is 504 g/mol. The molecule has 1 heteroatoms. The molecule has 4 saturated carbocycles. The second kappa shape index (κ2) is 11.4. The second-order valence-corrected chi connectivity index (χ2v) is 16.2. The van der Waals surface area contributed by atoms with Crippen LogP contribution in [-0.2, 0) is 0 Å². The Bertz CT molecular complexity index is 1130. The van der Waals surface area contributed by atoms with Crippen LogP contribution in [0.2, 0.25) is 5.02 Å². The van der Waals surface area contributed by atoms with E-state index in [1.54, 1.807) is 5.56 Å². The quantitative estimate of drug-likeness (QED) is 0.317. The standard InChI is InChI=1S/C39H55Cl/c1-26(2)7-6-8-27(3)35-19-20-36-34-18-15-32-25-31(21-23-38(32,4)37(34)22-24-39(35,36)5)30-11-9-28(10-12-30)29-13-16-33(40)17-14-29/h9-14,16-17,26-27,31-32,34-37H,6-8,15,18-25H2,1-5H3/t27-,31?,32+,34+,35-,36?,37?,38+,39-/m1/s1. The molecule has 0 spiro atoms. The van der Waals surface area contributed by atoms with Crippen molar-refractivity contribution in [3.63, 3.8) is 0 Å². The average molecular weight is 559 g/mol. The van der Waals surface area contributed by atoms with Gasteiger partial charge in [0, 0.05) is 5.02 Å². The summed E-state index contributed by atoms with van der Waals surface area (Å²) in [5, 5.41) is 0.808. The van der Waals surface area contributed by atoms with Crippen molar-refractivity contribution in [2.45, 2.75) is 118 Å². The van der Waals surface area contributed by atoms with Gasteiger partial charge in [0.25, 0.3) is 0 Å². The number of halogens is 1. The Hall–Kier alpha value is -1.27. The summed E-state index contributed by atoms with van der Waals surface area (Å²) in [7, 11) is 0. The van der Waals surface area contributed by atoms with E-state index in [1.807, 2.05) is 12.1 Å². The molecule has 4 fully saturated rings. The summed E-state index contributed by atoms with van der Waals surface area (Å²) in [4.78, 5) is 0.